The standard InChI is InChI=1S/C31H23ClN2O3/c1-31(2)24-9-4-3-8-23(24)26-27(30(31)36)25-17-22(37-18-21-7-5-6-15-33-21)14-16-34(25)28(26)29(35)19-10-12-20(32)13-11-19/h3-17H,18H2,1-2H3. The number of fused-ring (bicyclic) bond motifs is 5. The first kappa shape index (κ1) is 23.2. The summed E-state index contributed by atoms with van der Waals surface area (Å²) < 4.78 is 7.84. The maximum absolute atomic E-state index is 14.0. The summed E-state index contributed by atoms with van der Waals surface area (Å²) in [6, 6.07) is 23.9. The molecule has 0 unspecified atom stereocenters. The number of halogens is 1. The highest BCUT2D eigenvalue weighted by molar-refractivity contribution is 6.31. The summed E-state index contributed by atoms with van der Waals surface area (Å²) in [6.07, 6.45) is 3.52. The number of hydrogen-bond donors (Lipinski definition) is 0. The molecule has 0 saturated carbocycles. The van der Waals surface area contributed by atoms with Crippen LogP contribution in [0.1, 0.15) is 51.5 Å². The van der Waals surface area contributed by atoms with E-state index in [1.165, 1.54) is 0 Å². The van der Waals surface area contributed by atoms with Gasteiger partial charge in [-0.25, -0.2) is 0 Å². The van der Waals surface area contributed by atoms with Crippen LogP contribution < -0.4 is 4.74 Å². The molecule has 0 aliphatic heterocycles. The molecule has 0 spiro atoms. The molecular formula is C31H23ClN2O3. The molecule has 6 rings (SSSR count). The molecule has 3 heterocycles. The Balaban J connectivity index is 1.58. The number of ether oxygens (including phenoxy) is 1. The zero-order valence-electron chi connectivity index (χ0n) is 20.4. The molecule has 0 atom stereocenters. The molecule has 0 N–H and O–H groups in total. The second kappa shape index (κ2) is 8.71. The van der Waals surface area contributed by atoms with E-state index in [4.69, 9.17) is 16.3 Å². The Kier molecular flexibility index (Phi) is 5.46. The van der Waals surface area contributed by atoms with Gasteiger partial charge < -0.3 is 9.14 Å². The molecule has 182 valence electrons. The van der Waals surface area contributed by atoms with Crippen LogP contribution >= 0.6 is 11.6 Å². The van der Waals surface area contributed by atoms with Crippen LogP contribution in [0.25, 0.3) is 16.6 Å². The summed E-state index contributed by atoms with van der Waals surface area (Å²) >= 11 is 6.08. The van der Waals surface area contributed by atoms with Gasteiger partial charge in [-0.3, -0.25) is 14.6 Å². The molecule has 1 aliphatic carbocycles. The van der Waals surface area contributed by atoms with E-state index in [0.29, 0.717) is 45.3 Å². The quantitative estimate of drug-likeness (QED) is 0.242. The van der Waals surface area contributed by atoms with Crippen molar-refractivity contribution in [3.63, 3.8) is 0 Å². The van der Waals surface area contributed by atoms with Crippen LogP contribution in [-0.4, -0.2) is 21.0 Å². The van der Waals surface area contributed by atoms with Crippen LogP contribution in [-0.2, 0) is 12.0 Å². The molecule has 0 fully saturated rings. The van der Waals surface area contributed by atoms with Crippen LogP contribution in [0.2, 0.25) is 5.02 Å². The van der Waals surface area contributed by atoms with Crippen LogP contribution in [0.15, 0.2) is 91.3 Å². The van der Waals surface area contributed by atoms with Crippen molar-refractivity contribution in [1.29, 1.82) is 0 Å². The molecule has 2 aromatic carbocycles. The zero-order valence-corrected chi connectivity index (χ0v) is 21.1. The first-order valence-corrected chi connectivity index (χ1v) is 12.4. The molecule has 37 heavy (non-hydrogen) atoms. The monoisotopic (exact) mass is 506 g/mol. The largest absolute Gasteiger partial charge is 0.487 e. The van der Waals surface area contributed by atoms with Gasteiger partial charge in [-0.1, -0.05) is 41.9 Å². The third kappa shape index (κ3) is 3.74. The minimum Gasteiger partial charge on any atom is -0.487 e. The van der Waals surface area contributed by atoms with Gasteiger partial charge in [-0.2, -0.15) is 0 Å². The molecule has 0 radical (unpaired) electrons. The first-order chi connectivity index (χ1) is 17.9. The van der Waals surface area contributed by atoms with Crippen molar-refractivity contribution in [2.75, 3.05) is 0 Å². The van der Waals surface area contributed by atoms with E-state index >= 15 is 0 Å². The normalized spacial score (nSPS) is 13.8. The van der Waals surface area contributed by atoms with Gasteiger partial charge in [0, 0.05) is 34.6 Å². The Bertz CT molecular complexity index is 1690. The Morgan fingerprint density at radius 2 is 1.73 bits per heavy atom. The van der Waals surface area contributed by atoms with Crippen molar-refractivity contribution in [2.45, 2.75) is 25.9 Å². The lowest BCUT2D eigenvalue weighted by molar-refractivity contribution is 0.0908. The van der Waals surface area contributed by atoms with Crippen LogP contribution in [0.3, 0.4) is 0 Å². The highest BCUT2D eigenvalue weighted by atomic mass is 35.5. The molecule has 6 heteroatoms. The number of ketones is 2. The first-order valence-electron chi connectivity index (χ1n) is 12.0. The summed E-state index contributed by atoms with van der Waals surface area (Å²) in [4.78, 5) is 32.3. The van der Waals surface area contributed by atoms with E-state index < -0.39 is 5.41 Å². The third-order valence-electron chi connectivity index (χ3n) is 7.01. The van der Waals surface area contributed by atoms with Gasteiger partial charge in [0.15, 0.2) is 5.78 Å². The zero-order chi connectivity index (χ0) is 25.7. The summed E-state index contributed by atoms with van der Waals surface area (Å²) in [5.41, 5.74) is 4.60. The Morgan fingerprint density at radius 1 is 0.973 bits per heavy atom. The molecule has 1 aliphatic rings. The Labute approximate surface area is 219 Å². The molecule has 5 nitrogen and oxygen atoms in total. The molecule has 0 saturated heterocycles. The third-order valence-corrected chi connectivity index (χ3v) is 7.26. The van der Waals surface area contributed by atoms with E-state index in [0.717, 1.165) is 16.8 Å². The highest BCUT2D eigenvalue weighted by Gasteiger charge is 2.43. The van der Waals surface area contributed by atoms with Crippen molar-refractivity contribution in [3.05, 3.63) is 124 Å². The van der Waals surface area contributed by atoms with Crippen molar-refractivity contribution in [2.24, 2.45) is 0 Å². The van der Waals surface area contributed by atoms with Gasteiger partial charge >= 0.3 is 0 Å². The van der Waals surface area contributed by atoms with Gasteiger partial charge in [0.2, 0.25) is 5.78 Å². The van der Waals surface area contributed by atoms with E-state index in [1.807, 2.05) is 72.8 Å². The van der Waals surface area contributed by atoms with Crippen molar-refractivity contribution in [3.8, 4) is 16.9 Å². The lowest BCUT2D eigenvalue weighted by atomic mass is 9.69. The van der Waals surface area contributed by atoms with Gasteiger partial charge in [0.05, 0.1) is 22.2 Å². The van der Waals surface area contributed by atoms with Crippen LogP contribution in [0.5, 0.6) is 5.75 Å². The summed E-state index contributed by atoms with van der Waals surface area (Å²) in [5, 5.41) is 0.551. The predicted molar refractivity (Wildman–Crippen MR) is 144 cm³/mol. The number of Topliss-reactive ketones (excluding diaryl/α,β-unsaturated/α-hetero) is 1. The highest BCUT2D eigenvalue weighted by Crippen LogP contribution is 2.47. The Hall–Kier alpha value is -4.22. The molecular weight excluding hydrogens is 484 g/mol. The molecule has 5 aromatic rings. The Morgan fingerprint density at radius 3 is 2.49 bits per heavy atom. The average Bonchev–Trinajstić information content (AvgIpc) is 3.26. The number of rotatable bonds is 5. The maximum atomic E-state index is 14.0. The van der Waals surface area contributed by atoms with E-state index in [9.17, 15) is 9.59 Å². The number of carbonyl (C=O) groups excluding carboxylic acids is 2. The number of carbonyl (C=O) groups is 2. The second-order valence-electron chi connectivity index (χ2n) is 9.66. The van der Waals surface area contributed by atoms with Gasteiger partial charge in [0.25, 0.3) is 0 Å². The van der Waals surface area contributed by atoms with Crippen molar-refractivity contribution >= 4 is 28.7 Å². The average molecular weight is 507 g/mol. The van der Waals surface area contributed by atoms with Crippen molar-refractivity contribution in [1.82, 2.24) is 9.38 Å². The summed E-state index contributed by atoms with van der Waals surface area (Å²) in [6.45, 7) is 4.16. The number of aromatic nitrogens is 2. The minimum absolute atomic E-state index is 0.0317. The molecule has 3 aromatic heterocycles. The fourth-order valence-corrected chi connectivity index (χ4v) is 5.23. The fraction of sp³-hybridized carbons (Fsp3) is 0.129. The topological polar surface area (TPSA) is 60.7 Å². The van der Waals surface area contributed by atoms with Gasteiger partial charge in [0.1, 0.15) is 18.1 Å². The number of nitrogens with zero attached hydrogens (tertiary/aromatic N) is 2. The van der Waals surface area contributed by atoms with Gasteiger partial charge in [-0.05, 0) is 67.4 Å². The molecule has 0 bridgehead atoms. The number of hydrogen-bond acceptors (Lipinski definition) is 4. The summed E-state index contributed by atoms with van der Waals surface area (Å²) in [5.74, 6) is 0.376. The smallest absolute Gasteiger partial charge is 0.210 e. The van der Waals surface area contributed by atoms with Crippen LogP contribution in [0, 0.1) is 0 Å². The predicted octanol–water partition coefficient (Wildman–Crippen LogP) is 6.94. The molecule has 0 amide bonds. The van der Waals surface area contributed by atoms with Crippen molar-refractivity contribution < 1.29 is 14.3 Å². The van der Waals surface area contributed by atoms with E-state index in [1.54, 1.807) is 36.7 Å². The van der Waals surface area contributed by atoms with Gasteiger partial charge in [-0.15, -0.1) is 0 Å². The number of pyridine rings is 2. The maximum Gasteiger partial charge on any atom is 0.210 e. The number of benzene rings is 2. The fourth-order valence-electron chi connectivity index (χ4n) is 5.10. The lowest BCUT2D eigenvalue weighted by Gasteiger charge is -2.31. The van der Waals surface area contributed by atoms with Crippen LogP contribution in [0.4, 0.5) is 0 Å². The second-order valence-corrected chi connectivity index (χ2v) is 10.1. The summed E-state index contributed by atoms with van der Waals surface area (Å²) in [7, 11) is 0. The van der Waals surface area contributed by atoms with E-state index in [-0.39, 0.29) is 11.6 Å². The SMILES string of the molecule is CC1(C)C(=O)c2c(c(C(=O)c3ccc(Cl)cc3)n3ccc(OCc4ccccn4)cc23)-c2ccccc21. The lowest BCUT2D eigenvalue weighted by Crippen LogP contribution is -2.33. The minimum atomic E-state index is -0.753. The van der Waals surface area contributed by atoms with E-state index in [2.05, 4.69) is 4.98 Å².